The minimum atomic E-state index is 0.348. The molecule has 0 unspecified atom stereocenters. The van der Waals surface area contributed by atoms with Gasteiger partial charge in [-0.3, -0.25) is 0 Å². The molecule has 0 aromatic heterocycles. The average molecular weight is 334 g/mol. The number of hydrogen-bond acceptors (Lipinski definition) is 3. The fourth-order valence-electron chi connectivity index (χ4n) is 1.83. The van der Waals surface area contributed by atoms with E-state index in [9.17, 15) is 0 Å². The van der Waals surface area contributed by atoms with Crippen LogP contribution in [-0.2, 0) is 6.61 Å². The molecule has 0 heterocycles. The topological polar surface area (TPSA) is 42.2 Å². The van der Waals surface area contributed by atoms with E-state index in [2.05, 4.69) is 0 Å². The van der Waals surface area contributed by atoms with Gasteiger partial charge in [-0.25, -0.2) is 0 Å². The molecule has 2 rings (SSSR count). The lowest BCUT2D eigenvalue weighted by Gasteiger charge is -2.11. The molecule has 0 aliphatic heterocycles. The Kier molecular flexibility index (Phi) is 5.71. The summed E-state index contributed by atoms with van der Waals surface area (Å²) in [5, 5.41) is 9.55. The number of rotatable bonds is 5. The van der Waals surface area contributed by atoms with E-state index in [0.717, 1.165) is 11.1 Å². The second kappa shape index (κ2) is 7.74. The number of halogens is 2. The number of ether oxygens (including phenoxy) is 2. The van der Waals surface area contributed by atoms with Crippen LogP contribution in [-0.4, -0.2) is 7.11 Å². The minimum Gasteiger partial charge on any atom is -0.493 e. The number of nitriles is 1. The first-order valence-corrected chi connectivity index (χ1v) is 7.20. The molecule has 0 radical (unpaired) electrons. The monoisotopic (exact) mass is 333 g/mol. The first-order chi connectivity index (χ1) is 10.6. The normalized spacial score (nSPS) is 10.5. The minimum absolute atomic E-state index is 0.348. The Balaban J connectivity index is 2.13. The van der Waals surface area contributed by atoms with Crippen LogP contribution in [0.2, 0.25) is 10.0 Å². The maximum absolute atomic E-state index is 8.55. The first-order valence-electron chi connectivity index (χ1n) is 6.45. The van der Waals surface area contributed by atoms with Crippen molar-refractivity contribution in [3.63, 3.8) is 0 Å². The van der Waals surface area contributed by atoms with Gasteiger partial charge in [0.1, 0.15) is 6.61 Å². The van der Waals surface area contributed by atoms with Crippen LogP contribution in [0.3, 0.4) is 0 Å². The highest BCUT2D eigenvalue weighted by atomic mass is 35.5. The third kappa shape index (κ3) is 4.17. The second-order valence-corrected chi connectivity index (χ2v) is 5.22. The highest BCUT2D eigenvalue weighted by Crippen LogP contribution is 2.30. The lowest BCUT2D eigenvalue weighted by molar-refractivity contribution is 0.284. The van der Waals surface area contributed by atoms with Crippen molar-refractivity contribution in [2.24, 2.45) is 0 Å². The third-order valence-electron chi connectivity index (χ3n) is 2.92. The summed E-state index contributed by atoms with van der Waals surface area (Å²) in [6.07, 6.45) is 3.11. The van der Waals surface area contributed by atoms with Gasteiger partial charge in [-0.1, -0.05) is 35.3 Å². The molecular weight excluding hydrogens is 321 g/mol. The highest BCUT2D eigenvalue weighted by molar-refractivity contribution is 6.42. The van der Waals surface area contributed by atoms with E-state index in [0.29, 0.717) is 28.2 Å². The number of allylic oxidation sites excluding steroid dienone is 1. The molecule has 0 atom stereocenters. The van der Waals surface area contributed by atoms with Crippen molar-refractivity contribution >= 4 is 29.3 Å². The molecule has 0 saturated heterocycles. The van der Waals surface area contributed by atoms with Crippen LogP contribution < -0.4 is 9.47 Å². The lowest BCUT2D eigenvalue weighted by Crippen LogP contribution is -1.98. The van der Waals surface area contributed by atoms with Crippen molar-refractivity contribution in [3.8, 4) is 17.6 Å². The summed E-state index contributed by atoms with van der Waals surface area (Å²) in [5.41, 5.74) is 1.77. The zero-order valence-electron chi connectivity index (χ0n) is 11.8. The fourth-order valence-corrected chi connectivity index (χ4v) is 2.15. The van der Waals surface area contributed by atoms with Crippen molar-refractivity contribution < 1.29 is 9.47 Å². The Labute approximate surface area is 139 Å². The van der Waals surface area contributed by atoms with Gasteiger partial charge >= 0.3 is 0 Å². The van der Waals surface area contributed by atoms with E-state index >= 15 is 0 Å². The van der Waals surface area contributed by atoms with Crippen LogP contribution in [0.15, 0.2) is 42.5 Å². The second-order valence-electron chi connectivity index (χ2n) is 4.41. The first kappa shape index (κ1) is 16.2. The summed E-state index contributed by atoms with van der Waals surface area (Å²) < 4.78 is 11.1. The molecule has 112 valence electrons. The van der Waals surface area contributed by atoms with E-state index in [1.165, 1.54) is 6.08 Å². The van der Waals surface area contributed by atoms with Crippen molar-refractivity contribution in [1.82, 2.24) is 0 Å². The Hall–Kier alpha value is -2.15. The van der Waals surface area contributed by atoms with Crippen LogP contribution in [0.4, 0.5) is 0 Å². The van der Waals surface area contributed by atoms with Gasteiger partial charge in [-0.15, -0.1) is 0 Å². The average Bonchev–Trinajstić information content (AvgIpc) is 2.54. The van der Waals surface area contributed by atoms with Crippen LogP contribution in [0, 0.1) is 11.3 Å². The van der Waals surface area contributed by atoms with E-state index in [-0.39, 0.29) is 0 Å². The van der Waals surface area contributed by atoms with Gasteiger partial charge in [-0.2, -0.15) is 5.26 Å². The molecule has 0 aliphatic rings. The highest BCUT2D eigenvalue weighted by Gasteiger charge is 2.06. The molecule has 2 aromatic rings. The largest absolute Gasteiger partial charge is 0.493 e. The molecule has 0 amide bonds. The molecule has 2 aromatic carbocycles. The number of nitrogens with zero attached hydrogens (tertiary/aromatic N) is 1. The van der Waals surface area contributed by atoms with Gasteiger partial charge in [-0.05, 0) is 41.5 Å². The van der Waals surface area contributed by atoms with Crippen molar-refractivity contribution in [2.45, 2.75) is 6.61 Å². The molecule has 5 heteroatoms. The molecule has 0 saturated carbocycles. The molecule has 0 fully saturated rings. The van der Waals surface area contributed by atoms with Crippen molar-refractivity contribution in [3.05, 3.63) is 63.6 Å². The molecular formula is C17H13Cl2NO2. The van der Waals surface area contributed by atoms with E-state index in [4.69, 9.17) is 37.9 Å². The smallest absolute Gasteiger partial charge is 0.161 e. The van der Waals surface area contributed by atoms with Crippen LogP contribution in [0.1, 0.15) is 11.1 Å². The summed E-state index contributed by atoms with van der Waals surface area (Å²) in [6.45, 7) is 0.348. The maximum atomic E-state index is 8.55. The molecule has 22 heavy (non-hydrogen) atoms. The zero-order chi connectivity index (χ0) is 15.9. The molecule has 0 aliphatic carbocycles. The molecule has 3 nitrogen and oxygen atoms in total. The van der Waals surface area contributed by atoms with Gasteiger partial charge in [0.15, 0.2) is 11.5 Å². The molecule has 0 N–H and O–H groups in total. The molecule has 0 spiro atoms. The molecule has 0 bridgehead atoms. The Morgan fingerprint density at radius 3 is 2.59 bits per heavy atom. The SMILES string of the molecule is COc1cc(C=CC#N)ccc1OCc1ccc(Cl)c(Cl)c1. The summed E-state index contributed by atoms with van der Waals surface area (Å²) >= 11 is 11.9. The number of hydrogen-bond donors (Lipinski definition) is 0. The number of benzene rings is 2. The third-order valence-corrected chi connectivity index (χ3v) is 3.66. The van der Waals surface area contributed by atoms with Crippen LogP contribution >= 0.6 is 23.2 Å². The lowest BCUT2D eigenvalue weighted by atomic mass is 10.2. The quantitative estimate of drug-likeness (QED) is 0.713. The van der Waals surface area contributed by atoms with E-state index in [1.54, 1.807) is 37.5 Å². The standard InChI is InChI=1S/C17H13Cl2NO2/c1-21-17-10-12(3-2-8-20)5-7-16(17)22-11-13-4-6-14(18)15(19)9-13/h2-7,9-10H,11H2,1H3. The summed E-state index contributed by atoms with van der Waals surface area (Å²) in [7, 11) is 1.57. The maximum Gasteiger partial charge on any atom is 0.161 e. The Morgan fingerprint density at radius 2 is 1.91 bits per heavy atom. The van der Waals surface area contributed by atoms with Gasteiger partial charge in [0.25, 0.3) is 0 Å². The zero-order valence-corrected chi connectivity index (χ0v) is 13.4. The van der Waals surface area contributed by atoms with Crippen LogP contribution in [0.25, 0.3) is 6.08 Å². The van der Waals surface area contributed by atoms with Gasteiger partial charge in [0, 0.05) is 6.08 Å². The number of methoxy groups -OCH3 is 1. The van der Waals surface area contributed by atoms with E-state index < -0.39 is 0 Å². The van der Waals surface area contributed by atoms with Crippen molar-refractivity contribution in [1.29, 1.82) is 5.26 Å². The summed E-state index contributed by atoms with van der Waals surface area (Å²) in [5.74, 6) is 1.21. The van der Waals surface area contributed by atoms with E-state index in [1.807, 2.05) is 18.2 Å². The summed E-state index contributed by atoms with van der Waals surface area (Å²) in [4.78, 5) is 0. The van der Waals surface area contributed by atoms with Crippen LogP contribution in [0.5, 0.6) is 11.5 Å². The van der Waals surface area contributed by atoms with Gasteiger partial charge in [0.05, 0.1) is 23.2 Å². The predicted octanol–water partition coefficient (Wildman–Crippen LogP) is 5.12. The van der Waals surface area contributed by atoms with Crippen molar-refractivity contribution in [2.75, 3.05) is 7.11 Å². The predicted molar refractivity (Wildman–Crippen MR) is 88.4 cm³/mol. The fraction of sp³-hybridized carbons (Fsp3) is 0.118. The summed E-state index contributed by atoms with van der Waals surface area (Å²) in [6, 6.07) is 12.7. The van der Waals surface area contributed by atoms with Gasteiger partial charge in [0.2, 0.25) is 0 Å². The Morgan fingerprint density at radius 1 is 1.09 bits per heavy atom. The Bertz CT molecular complexity index is 736. The van der Waals surface area contributed by atoms with Gasteiger partial charge < -0.3 is 9.47 Å².